The summed E-state index contributed by atoms with van der Waals surface area (Å²) in [6, 6.07) is 10.8. The number of benzene rings is 2. The normalized spacial score (nSPS) is 11.7. The number of carbonyl (C=O) groups is 2. The maximum Gasteiger partial charge on any atom is 0.339 e. The number of tetrazole rings is 1. The Hall–Kier alpha value is -3.60. The molecule has 0 aliphatic carbocycles. The molecule has 0 N–H and O–H groups in total. The second-order valence-electron chi connectivity index (χ2n) is 6.40. The van der Waals surface area contributed by atoms with Gasteiger partial charge in [-0.2, -0.15) is 0 Å². The number of Topliss-reactive ketones (excluding diaryl/α,β-unsaturated/α-hetero) is 1. The van der Waals surface area contributed by atoms with Gasteiger partial charge in [0.15, 0.2) is 6.10 Å². The fraction of sp³-hybridized carbons (Fsp3) is 0.211. The minimum Gasteiger partial charge on any atom is -0.451 e. The maximum absolute atomic E-state index is 12.5. The van der Waals surface area contributed by atoms with Crippen molar-refractivity contribution in [2.45, 2.75) is 30.0 Å². The highest BCUT2D eigenvalue weighted by atomic mass is 32.2. The Morgan fingerprint density at radius 1 is 1.17 bits per heavy atom. The Bertz CT molecular complexity index is 1110. The van der Waals surface area contributed by atoms with Crippen LogP contribution in [0.5, 0.6) is 0 Å². The number of esters is 1. The third kappa shape index (κ3) is 4.69. The number of hydrogen-bond donors (Lipinski definition) is 0. The van der Waals surface area contributed by atoms with Gasteiger partial charge in [-0.3, -0.25) is 14.9 Å². The van der Waals surface area contributed by atoms with Gasteiger partial charge in [-0.15, -0.1) is 5.10 Å². The largest absolute Gasteiger partial charge is 0.451 e. The van der Waals surface area contributed by atoms with Crippen LogP contribution in [0.15, 0.2) is 52.5 Å². The predicted octanol–water partition coefficient (Wildman–Crippen LogP) is 3.01. The molecule has 0 saturated carbocycles. The number of rotatable bonds is 7. The zero-order chi connectivity index (χ0) is 21.8. The third-order valence-corrected chi connectivity index (χ3v) is 5.26. The molecule has 0 aliphatic rings. The van der Waals surface area contributed by atoms with Crippen LogP contribution in [0, 0.1) is 17.0 Å². The fourth-order valence-electron chi connectivity index (χ4n) is 2.51. The lowest BCUT2D eigenvalue weighted by Gasteiger charge is -2.13. The van der Waals surface area contributed by atoms with Crippen molar-refractivity contribution in [1.29, 1.82) is 0 Å². The van der Waals surface area contributed by atoms with Crippen LogP contribution in [0.4, 0.5) is 5.69 Å². The number of nitro groups is 1. The molecule has 0 bridgehead atoms. The Balaban J connectivity index is 1.77. The van der Waals surface area contributed by atoms with Gasteiger partial charge < -0.3 is 4.74 Å². The van der Waals surface area contributed by atoms with Crippen LogP contribution >= 0.6 is 11.8 Å². The number of ether oxygens (including phenoxy) is 1. The molecule has 0 saturated heterocycles. The van der Waals surface area contributed by atoms with E-state index >= 15 is 0 Å². The molecule has 0 unspecified atom stereocenters. The summed E-state index contributed by atoms with van der Waals surface area (Å²) in [5.41, 5.74) is 1.08. The smallest absolute Gasteiger partial charge is 0.339 e. The molecule has 0 aliphatic heterocycles. The molecule has 30 heavy (non-hydrogen) atoms. The van der Waals surface area contributed by atoms with Crippen molar-refractivity contribution >= 4 is 29.2 Å². The van der Waals surface area contributed by atoms with E-state index in [0.717, 1.165) is 23.4 Å². The second-order valence-corrected chi connectivity index (χ2v) is 7.41. The summed E-state index contributed by atoms with van der Waals surface area (Å²) >= 11 is 0.992. The summed E-state index contributed by atoms with van der Waals surface area (Å²) in [5, 5.41) is 22.8. The molecule has 1 atom stereocenters. The quantitative estimate of drug-likeness (QED) is 0.242. The van der Waals surface area contributed by atoms with Crippen molar-refractivity contribution in [2.24, 2.45) is 7.05 Å². The van der Waals surface area contributed by atoms with Gasteiger partial charge in [0.05, 0.1) is 15.4 Å². The van der Waals surface area contributed by atoms with Crippen LogP contribution < -0.4 is 0 Å². The Morgan fingerprint density at radius 2 is 1.83 bits per heavy atom. The van der Waals surface area contributed by atoms with E-state index in [1.807, 2.05) is 6.92 Å². The van der Waals surface area contributed by atoms with Crippen LogP contribution in [0.1, 0.15) is 33.2 Å². The van der Waals surface area contributed by atoms with Crippen molar-refractivity contribution in [2.75, 3.05) is 0 Å². The average molecular weight is 427 g/mol. The summed E-state index contributed by atoms with van der Waals surface area (Å²) < 4.78 is 6.60. The van der Waals surface area contributed by atoms with Gasteiger partial charge in [-0.05, 0) is 48.2 Å². The zero-order valence-electron chi connectivity index (χ0n) is 16.3. The van der Waals surface area contributed by atoms with Gasteiger partial charge >= 0.3 is 5.97 Å². The van der Waals surface area contributed by atoms with E-state index in [-0.39, 0.29) is 21.9 Å². The molecular weight excluding hydrogens is 410 g/mol. The zero-order valence-corrected chi connectivity index (χ0v) is 17.1. The molecule has 11 heteroatoms. The van der Waals surface area contributed by atoms with Crippen LogP contribution in [0.25, 0.3) is 0 Å². The number of aromatic nitrogens is 4. The highest BCUT2D eigenvalue weighted by Gasteiger charge is 2.24. The number of carbonyl (C=O) groups excluding carboxylic acids is 2. The summed E-state index contributed by atoms with van der Waals surface area (Å²) in [6.45, 7) is 3.35. The topological polar surface area (TPSA) is 130 Å². The van der Waals surface area contributed by atoms with Crippen molar-refractivity contribution < 1.29 is 19.2 Å². The van der Waals surface area contributed by atoms with Crippen LogP contribution in [0.2, 0.25) is 0 Å². The van der Waals surface area contributed by atoms with E-state index in [2.05, 4.69) is 15.5 Å². The second kappa shape index (κ2) is 8.82. The molecule has 3 rings (SSSR count). The Morgan fingerprint density at radius 3 is 2.43 bits per heavy atom. The van der Waals surface area contributed by atoms with Gasteiger partial charge in [0.1, 0.15) is 0 Å². The van der Waals surface area contributed by atoms with E-state index in [9.17, 15) is 19.7 Å². The number of ketones is 1. The number of hydrogen-bond acceptors (Lipinski definition) is 9. The SMILES string of the molecule is Cc1ccc(C(=O)[C@H](C)OC(=O)c2ccc(Sc3nnnn3C)c([N+](=O)[O-])c2)cc1. The van der Waals surface area contributed by atoms with Gasteiger partial charge in [-0.25, -0.2) is 9.48 Å². The number of aryl methyl sites for hydroxylation is 2. The molecule has 154 valence electrons. The van der Waals surface area contributed by atoms with Gasteiger partial charge in [0, 0.05) is 18.7 Å². The molecule has 0 fully saturated rings. The van der Waals surface area contributed by atoms with E-state index in [1.54, 1.807) is 31.3 Å². The molecule has 0 spiro atoms. The Labute approximate surface area is 175 Å². The van der Waals surface area contributed by atoms with Gasteiger partial charge in [-0.1, -0.05) is 29.8 Å². The first-order valence-electron chi connectivity index (χ1n) is 8.76. The lowest BCUT2D eigenvalue weighted by Crippen LogP contribution is -2.24. The lowest BCUT2D eigenvalue weighted by molar-refractivity contribution is -0.387. The van der Waals surface area contributed by atoms with E-state index in [1.165, 1.54) is 23.7 Å². The monoisotopic (exact) mass is 427 g/mol. The molecule has 1 heterocycles. The summed E-state index contributed by atoms with van der Waals surface area (Å²) in [5.74, 6) is -1.19. The van der Waals surface area contributed by atoms with E-state index in [4.69, 9.17) is 4.74 Å². The first-order chi connectivity index (χ1) is 14.3. The van der Waals surface area contributed by atoms with Gasteiger partial charge in [0.25, 0.3) is 5.69 Å². The summed E-state index contributed by atoms with van der Waals surface area (Å²) in [6.07, 6.45) is -1.04. The standard InChI is InChI=1S/C19H17N5O5S/c1-11-4-6-13(7-5-11)17(25)12(2)29-18(26)14-8-9-16(15(10-14)24(27)28)30-19-20-21-22-23(19)3/h4-10,12H,1-3H3/t12-/m0/s1. The molecule has 3 aromatic rings. The molecule has 0 amide bonds. The van der Waals surface area contributed by atoms with Crippen molar-refractivity contribution in [3.8, 4) is 0 Å². The molecule has 2 aromatic carbocycles. The number of nitro benzene ring substituents is 1. The molecule has 0 radical (unpaired) electrons. The van der Waals surface area contributed by atoms with Crippen molar-refractivity contribution in [3.63, 3.8) is 0 Å². The van der Waals surface area contributed by atoms with Crippen LogP contribution in [-0.4, -0.2) is 43.0 Å². The van der Waals surface area contributed by atoms with E-state index in [0.29, 0.717) is 10.7 Å². The van der Waals surface area contributed by atoms with Crippen LogP contribution in [-0.2, 0) is 11.8 Å². The van der Waals surface area contributed by atoms with Gasteiger partial charge in [0.2, 0.25) is 10.9 Å². The fourth-order valence-corrected chi connectivity index (χ4v) is 3.33. The number of nitrogens with zero attached hydrogens (tertiary/aromatic N) is 5. The maximum atomic E-state index is 12.5. The van der Waals surface area contributed by atoms with Crippen molar-refractivity contribution in [1.82, 2.24) is 20.2 Å². The molecule has 1 aromatic heterocycles. The highest BCUT2D eigenvalue weighted by Crippen LogP contribution is 2.34. The minimum absolute atomic E-state index is 0.0364. The van der Waals surface area contributed by atoms with E-state index < -0.39 is 17.0 Å². The third-order valence-electron chi connectivity index (χ3n) is 4.16. The highest BCUT2D eigenvalue weighted by molar-refractivity contribution is 7.99. The Kier molecular flexibility index (Phi) is 6.21. The summed E-state index contributed by atoms with van der Waals surface area (Å²) in [7, 11) is 1.60. The van der Waals surface area contributed by atoms with Crippen LogP contribution in [0.3, 0.4) is 0 Å². The first-order valence-corrected chi connectivity index (χ1v) is 9.58. The first kappa shape index (κ1) is 21.1. The summed E-state index contributed by atoms with van der Waals surface area (Å²) in [4.78, 5) is 36.0. The predicted molar refractivity (Wildman–Crippen MR) is 106 cm³/mol. The molecular formula is C19H17N5O5S. The molecule has 10 nitrogen and oxygen atoms in total. The van der Waals surface area contributed by atoms with Crippen molar-refractivity contribution in [3.05, 3.63) is 69.3 Å². The average Bonchev–Trinajstić information content (AvgIpc) is 3.12. The lowest BCUT2D eigenvalue weighted by atomic mass is 10.1. The minimum atomic E-state index is -1.04.